The lowest BCUT2D eigenvalue weighted by atomic mass is 9.89. The Balaban J connectivity index is 4.24. The van der Waals surface area contributed by atoms with Gasteiger partial charge in [0.2, 0.25) is 0 Å². The molecule has 2 atom stereocenters. The summed E-state index contributed by atoms with van der Waals surface area (Å²) in [4.78, 5) is 10.5. The molecule has 0 heterocycles. The van der Waals surface area contributed by atoms with Crippen LogP contribution in [-0.2, 0) is 4.79 Å². The normalized spacial score (nSPS) is 17.6. The van der Waals surface area contributed by atoms with Gasteiger partial charge in [0.05, 0.1) is 5.92 Å². The average molecular weight is 156 g/mol. The molecule has 0 saturated carbocycles. The van der Waals surface area contributed by atoms with Crippen LogP contribution in [0.4, 0.5) is 0 Å². The second kappa shape index (κ2) is 4.16. The van der Waals surface area contributed by atoms with E-state index in [-0.39, 0.29) is 11.8 Å². The molecule has 11 heavy (non-hydrogen) atoms. The third-order valence-electron chi connectivity index (χ3n) is 2.31. The zero-order valence-corrected chi connectivity index (χ0v) is 7.59. The molecule has 0 fully saturated rings. The van der Waals surface area contributed by atoms with Gasteiger partial charge in [0, 0.05) is 0 Å². The van der Waals surface area contributed by atoms with Crippen molar-refractivity contribution in [2.45, 2.75) is 27.7 Å². The first-order chi connectivity index (χ1) is 5.00. The fraction of sp³-hybridized carbons (Fsp3) is 0.667. The number of aliphatic carboxylic acids is 1. The summed E-state index contributed by atoms with van der Waals surface area (Å²) in [5.41, 5.74) is 1.14. The van der Waals surface area contributed by atoms with Gasteiger partial charge in [0.1, 0.15) is 0 Å². The first kappa shape index (κ1) is 10.2. The van der Waals surface area contributed by atoms with E-state index in [1.54, 1.807) is 6.92 Å². The average Bonchev–Trinajstić information content (AvgIpc) is 2.00. The highest BCUT2D eigenvalue weighted by Gasteiger charge is 2.19. The van der Waals surface area contributed by atoms with Crippen LogP contribution in [0, 0.1) is 11.8 Å². The fourth-order valence-corrected chi connectivity index (χ4v) is 0.871. The first-order valence-corrected chi connectivity index (χ1v) is 3.86. The standard InChI is InChI=1S/C9H16O2/c1-5-6(2)7(3)8(4)9(10)11/h5,7-8H,1-4H3,(H,10,11). The minimum Gasteiger partial charge on any atom is -0.481 e. The molecule has 0 amide bonds. The maximum Gasteiger partial charge on any atom is 0.306 e. The summed E-state index contributed by atoms with van der Waals surface area (Å²) in [6.07, 6.45) is 1.96. The summed E-state index contributed by atoms with van der Waals surface area (Å²) in [6.45, 7) is 7.57. The summed E-state index contributed by atoms with van der Waals surface area (Å²) in [5.74, 6) is -0.873. The molecule has 0 aromatic rings. The Bertz CT molecular complexity index is 170. The van der Waals surface area contributed by atoms with Crippen molar-refractivity contribution in [3.63, 3.8) is 0 Å². The third-order valence-corrected chi connectivity index (χ3v) is 2.31. The van der Waals surface area contributed by atoms with Crippen LogP contribution in [0.1, 0.15) is 27.7 Å². The van der Waals surface area contributed by atoms with Crippen LogP contribution in [0.25, 0.3) is 0 Å². The van der Waals surface area contributed by atoms with E-state index in [1.807, 2.05) is 26.8 Å². The molecule has 0 aromatic heterocycles. The predicted octanol–water partition coefficient (Wildman–Crippen LogP) is 2.31. The van der Waals surface area contributed by atoms with Gasteiger partial charge in [-0.1, -0.05) is 25.5 Å². The molecule has 0 aliphatic carbocycles. The molecule has 0 saturated heterocycles. The number of hydrogen-bond donors (Lipinski definition) is 1. The van der Waals surface area contributed by atoms with Gasteiger partial charge in [-0.2, -0.15) is 0 Å². The molecule has 0 rings (SSSR count). The van der Waals surface area contributed by atoms with Crippen molar-refractivity contribution in [2.75, 3.05) is 0 Å². The van der Waals surface area contributed by atoms with E-state index in [4.69, 9.17) is 5.11 Å². The van der Waals surface area contributed by atoms with E-state index >= 15 is 0 Å². The van der Waals surface area contributed by atoms with E-state index in [0.717, 1.165) is 5.57 Å². The van der Waals surface area contributed by atoms with Gasteiger partial charge in [-0.25, -0.2) is 0 Å². The van der Waals surface area contributed by atoms with Crippen LogP contribution >= 0.6 is 0 Å². The SMILES string of the molecule is CC=C(C)C(C)C(C)C(=O)O. The summed E-state index contributed by atoms with van der Waals surface area (Å²) in [6, 6.07) is 0. The lowest BCUT2D eigenvalue weighted by Gasteiger charge is -2.15. The highest BCUT2D eigenvalue weighted by Crippen LogP contribution is 2.19. The second-order valence-corrected chi connectivity index (χ2v) is 2.95. The zero-order chi connectivity index (χ0) is 9.02. The van der Waals surface area contributed by atoms with Gasteiger partial charge in [-0.3, -0.25) is 4.79 Å². The van der Waals surface area contributed by atoms with Gasteiger partial charge in [0.25, 0.3) is 0 Å². The summed E-state index contributed by atoms with van der Waals surface area (Å²) in [5, 5.41) is 8.67. The molecule has 2 heteroatoms. The molecule has 0 aliphatic rings. The fourth-order valence-electron chi connectivity index (χ4n) is 0.871. The van der Waals surface area contributed by atoms with E-state index in [1.165, 1.54) is 0 Å². The Hall–Kier alpha value is -0.790. The van der Waals surface area contributed by atoms with E-state index in [2.05, 4.69) is 0 Å². The molecule has 0 aliphatic heterocycles. The van der Waals surface area contributed by atoms with Gasteiger partial charge >= 0.3 is 5.97 Å². The lowest BCUT2D eigenvalue weighted by molar-refractivity contribution is -0.142. The maximum absolute atomic E-state index is 10.5. The Labute approximate surface area is 67.9 Å². The summed E-state index contributed by atoms with van der Waals surface area (Å²) >= 11 is 0. The van der Waals surface area contributed by atoms with Crippen molar-refractivity contribution < 1.29 is 9.90 Å². The van der Waals surface area contributed by atoms with Crippen LogP contribution < -0.4 is 0 Å². The highest BCUT2D eigenvalue weighted by atomic mass is 16.4. The Kier molecular flexibility index (Phi) is 3.86. The molecule has 0 radical (unpaired) electrons. The van der Waals surface area contributed by atoms with E-state index in [0.29, 0.717) is 0 Å². The number of rotatable bonds is 3. The molecule has 64 valence electrons. The highest BCUT2D eigenvalue weighted by molar-refractivity contribution is 5.70. The van der Waals surface area contributed by atoms with Crippen molar-refractivity contribution in [3.8, 4) is 0 Å². The summed E-state index contributed by atoms with van der Waals surface area (Å²) < 4.78 is 0. The Morgan fingerprint density at radius 3 is 2.09 bits per heavy atom. The molecule has 0 spiro atoms. The van der Waals surface area contributed by atoms with Crippen molar-refractivity contribution in [3.05, 3.63) is 11.6 Å². The Morgan fingerprint density at radius 1 is 1.36 bits per heavy atom. The van der Waals surface area contributed by atoms with Crippen molar-refractivity contribution in [1.29, 1.82) is 0 Å². The summed E-state index contributed by atoms with van der Waals surface area (Å²) in [7, 11) is 0. The van der Waals surface area contributed by atoms with Crippen molar-refractivity contribution in [2.24, 2.45) is 11.8 Å². The number of carboxylic acids is 1. The second-order valence-electron chi connectivity index (χ2n) is 2.95. The number of carboxylic acid groups (broad SMARTS) is 1. The topological polar surface area (TPSA) is 37.3 Å². The van der Waals surface area contributed by atoms with Gasteiger partial charge in [-0.05, 0) is 19.8 Å². The van der Waals surface area contributed by atoms with Gasteiger partial charge in [0.15, 0.2) is 0 Å². The number of carbonyl (C=O) groups is 1. The largest absolute Gasteiger partial charge is 0.481 e. The number of hydrogen-bond acceptors (Lipinski definition) is 1. The molecule has 0 aromatic carbocycles. The van der Waals surface area contributed by atoms with Gasteiger partial charge < -0.3 is 5.11 Å². The van der Waals surface area contributed by atoms with Crippen molar-refractivity contribution >= 4 is 5.97 Å². The van der Waals surface area contributed by atoms with Crippen LogP contribution in [0.5, 0.6) is 0 Å². The monoisotopic (exact) mass is 156 g/mol. The molecule has 2 unspecified atom stereocenters. The predicted molar refractivity (Wildman–Crippen MR) is 45.4 cm³/mol. The quantitative estimate of drug-likeness (QED) is 0.636. The minimum atomic E-state index is -0.723. The molecule has 0 bridgehead atoms. The van der Waals surface area contributed by atoms with Crippen LogP contribution in [0.2, 0.25) is 0 Å². The molecular formula is C9H16O2. The van der Waals surface area contributed by atoms with Crippen LogP contribution in [-0.4, -0.2) is 11.1 Å². The molecular weight excluding hydrogens is 140 g/mol. The van der Waals surface area contributed by atoms with Crippen LogP contribution in [0.3, 0.4) is 0 Å². The molecule has 1 N–H and O–H groups in total. The number of allylic oxidation sites excluding steroid dienone is 2. The van der Waals surface area contributed by atoms with Gasteiger partial charge in [-0.15, -0.1) is 0 Å². The lowest BCUT2D eigenvalue weighted by Crippen LogP contribution is -2.18. The first-order valence-electron chi connectivity index (χ1n) is 3.86. The minimum absolute atomic E-state index is 0.137. The Morgan fingerprint density at radius 2 is 1.82 bits per heavy atom. The van der Waals surface area contributed by atoms with Crippen LogP contribution in [0.15, 0.2) is 11.6 Å². The van der Waals surface area contributed by atoms with Crippen molar-refractivity contribution in [1.82, 2.24) is 0 Å². The smallest absolute Gasteiger partial charge is 0.306 e. The maximum atomic E-state index is 10.5. The third kappa shape index (κ3) is 2.74. The zero-order valence-electron chi connectivity index (χ0n) is 7.59. The van der Waals surface area contributed by atoms with E-state index in [9.17, 15) is 4.79 Å². The molecule has 2 nitrogen and oxygen atoms in total. The van der Waals surface area contributed by atoms with E-state index < -0.39 is 5.97 Å².